The molecule has 0 N–H and O–H groups in total. The van der Waals surface area contributed by atoms with Crippen molar-refractivity contribution in [2.24, 2.45) is 5.92 Å². The summed E-state index contributed by atoms with van der Waals surface area (Å²) in [7, 11) is 2.06. The Labute approximate surface area is 101 Å². The number of thiophene rings is 1. The molecule has 0 amide bonds. The van der Waals surface area contributed by atoms with Crippen molar-refractivity contribution in [2.45, 2.75) is 32.7 Å². The Morgan fingerprint density at radius 3 is 2.75 bits per heavy atom. The van der Waals surface area contributed by atoms with Crippen molar-refractivity contribution in [3.05, 3.63) is 21.9 Å². The molecule has 1 aromatic rings. The van der Waals surface area contributed by atoms with Gasteiger partial charge in [0.25, 0.3) is 0 Å². The van der Waals surface area contributed by atoms with Gasteiger partial charge in [-0.05, 0) is 51.8 Å². The standard InChI is InChI=1S/C13H19NOS/c1-9-4-7-13(16-9)12(15)8-14(3)10(2)11-5-6-11/h4,7,10-11H,5-6,8H2,1-3H3. The third-order valence-electron chi connectivity index (χ3n) is 3.41. The number of ketones is 1. The summed E-state index contributed by atoms with van der Waals surface area (Å²) in [4.78, 5) is 16.3. The molecule has 0 aliphatic heterocycles. The molecule has 1 aliphatic carbocycles. The normalized spacial score (nSPS) is 17.8. The van der Waals surface area contributed by atoms with Crippen molar-refractivity contribution in [2.75, 3.05) is 13.6 Å². The lowest BCUT2D eigenvalue weighted by Crippen LogP contribution is -2.35. The van der Waals surface area contributed by atoms with Crippen LogP contribution >= 0.6 is 11.3 Å². The minimum Gasteiger partial charge on any atom is -0.296 e. The predicted octanol–water partition coefficient (Wildman–Crippen LogP) is 2.97. The maximum atomic E-state index is 12.0. The van der Waals surface area contributed by atoms with Crippen molar-refractivity contribution in [3.8, 4) is 0 Å². The molecule has 16 heavy (non-hydrogen) atoms. The Morgan fingerprint density at radius 2 is 2.25 bits per heavy atom. The molecule has 0 bridgehead atoms. The molecule has 1 saturated carbocycles. The molecule has 1 aliphatic rings. The first-order valence-electron chi connectivity index (χ1n) is 5.88. The van der Waals surface area contributed by atoms with Crippen LogP contribution in [0.4, 0.5) is 0 Å². The largest absolute Gasteiger partial charge is 0.296 e. The molecular formula is C13H19NOS. The molecule has 88 valence electrons. The van der Waals surface area contributed by atoms with Gasteiger partial charge >= 0.3 is 0 Å². The van der Waals surface area contributed by atoms with E-state index in [2.05, 4.69) is 18.9 Å². The Hall–Kier alpha value is -0.670. The van der Waals surface area contributed by atoms with Crippen LogP contribution in [-0.4, -0.2) is 30.3 Å². The lowest BCUT2D eigenvalue weighted by molar-refractivity contribution is 0.0921. The maximum absolute atomic E-state index is 12.0. The Morgan fingerprint density at radius 1 is 1.56 bits per heavy atom. The highest BCUT2D eigenvalue weighted by molar-refractivity contribution is 7.14. The van der Waals surface area contributed by atoms with Gasteiger partial charge in [-0.1, -0.05) is 0 Å². The maximum Gasteiger partial charge on any atom is 0.186 e. The van der Waals surface area contributed by atoms with Crippen molar-refractivity contribution in [1.29, 1.82) is 0 Å². The monoisotopic (exact) mass is 237 g/mol. The second-order valence-electron chi connectivity index (χ2n) is 4.83. The van der Waals surface area contributed by atoms with Gasteiger partial charge in [0, 0.05) is 10.9 Å². The van der Waals surface area contributed by atoms with E-state index in [0.29, 0.717) is 12.6 Å². The van der Waals surface area contributed by atoms with E-state index in [-0.39, 0.29) is 5.78 Å². The van der Waals surface area contributed by atoms with E-state index in [1.54, 1.807) is 11.3 Å². The van der Waals surface area contributed by atoms with Gasteiger partial charge < -0.3 is 0 Å². The third kappa shape index (κ3) is 2.71. The van der Waals surface area contributed by atoms with Crippen LogP contribution in [0.3, 0.4) is 0 Å². The number of rotatable bonds is 5. The van der Waals surface area contributed by atoms with Crippen LogP contribution < -0.4 is 0 Å². The van der Waals surface area contributed by atoms with Gasteiger partial charge in [-0.15, -0.1) is 11.3 Å². The molecular weight excluding hydrogens is 218 g/mol. The summed E-state index contributed by atoms with van der Waals surface area (Å²) in [5, 5.41) is 0. The van der Waals surface area contributed by atoms with Crippen molar-refractivity contribution in [3.63, 3.8) is 0 Å². The van der Waals surface area contributed by atoms with Crippen LogP contribution in [0, 0.1) is 12.8 Å². The van der Waals surface area contributed by atoms with Crippen molar-refractivity contribution < 1.29 is 4.79 Å². The zero-order valence-electron chi connectivity index (χ0n) is 10.2. The molecule has 0 radical (unpaired) electrons. The quantitative estimate of drug-likeness (QED) is 0.734. The van der Waals surface area contributed by atoms with Gasteiger partial charge in [0.1, 0.15) is 0 Å². The zero-order valence-corrected chi connectivity index (χ0v) is 11.0. The number of aryl methyl sites for hydroxylation is 1. The summed E-state index contributed by atoms with van der Waals surface area (Å²) in [6, 6.07) is 4.50. The van der Waals surface area contributed by atoms with E-state index in [1.807, 2.05) is 19.1 Å². The Balaban J connectivity index is 1.91. The average Bonchev–Trinajstić information content (AvgIpc) is 3.00. The summed E-state index contributed by atoms with van der Waals surface area (Å²) >= 11 is 1.60. The topological polar surface area (TPSA) is 20.3 Å². The summed E-state index contributed by atoms with van der Waals surface area (Å²) < 4.78 is 0. The highest BCUT2D eigenvalue weighted by Gasteiger charge is 2.31. The summed E-state index contributed by atoms with van der Waals surface area (Å²) in [6.45, 7) is 4.82. The zero-order chi connectivity index (χ0) is 11.7. The Kier molecular flexibility index (Phi) is 3.45. The van der Waals surface area contributed by atoms with Crippen LogP contribution in [0.2, 0.25) is 0 Å². The molecule has 2 rings (SSSR count). The molecule has 3 heteroatoms. The van der Waals surface area contributed by atoms with E-state index >= 15 is 0 Å². The molecule has 1 atom stereocenters. The van der Waals surface area contributed by atoms with Crippen LogP contribution in [0.15, 0.2) is 12.1 Å². The van der Waals surface area contributed by atoms with E-state index < -0.39 is 0 Å². The minimum atomic E-state index is 0.258. The number of nitrogens with zero attached hydrogens (tertiary/aromatic N) is 1. The fourth-order valence-corrected chi connectivity index (χ4v) is 2.77. The highest BCUT2D eigenvalue weighted by atomic mass is 32.1. The number of likely N-dealkylation sites (N-methyl/N-ethyl adjacent to an activating group) is 1. The van der Waals surface area contributed by atoms with E-state index in [0.717, 1.165) is 10.8 Å². The fraction of sp³-hybridized carbons (Fsp3) is 0.615. The number of hydrogen-bond acceptors (Lipinski definition) is 3. The van der Waals surface area contributed by atoms with Crippen LogP contribution in [-0.2, 0) is 0 Å². The van der Waals surface area contributed by atoms with E-state index in [9.17, 15) is 4.79 Å². The van der Waals surface area contributed by atoms with Crippen LogP contribution in [0.5, 0.6) is 0 Å². The molecule has 1 fully saturated rings. The van der Waals surface area contributed by atoms with Gasteiger partial charge in [-0.3, -0.25) is 9.69 Å². The Bertz CT molecular complexity index is 381. The smallest absolute Gasteiger partial charge is 0.186 e. The molecule has 2 nitrogen and oxygen atoms in total. The van der Waals surface area contributed by atoms with Gasteiger partial charge in [0.2, 0.25) is 0 Å². The molecule has 0 saturated heterocycles. The lowest BCUT2D eigenvalue weighted by atomic mass is 10.2. The predicted molar refractivity (Wildman–Crippen MR) is 68.2 cm³/mol. The van der Waals surface area contributed by atoms with E-state index in [4.69, 9.17) is 0 Å². The highest BCUT2D eigenvalue weighted by Crippen LogP contribution is 2.34. The number of carbonyl (C=O) groups is 1. The third-order valence-corrected chi connectivity index (χ3v) is 4.45. The van der Waals surface area contributed by atoms with Gasteiger partial charge in [0.05, 0.1) is 11.4 Å². The molecule has 0 aromatic carbocycles. The molecule has 0 spiro atoms. The van der Waals surface area contributed by atoms with E-state index in [1.165, 1.54) is 17.7 Å². The molecule has 1 unspecified atom stereocenters. The fourth-order valence-electron chi connectivity index (χ4n) is 1.97. The number of carbonyl (C=O) groups excluding carboxylic acids is 1. The van der Waals surface area contributed by atoms with Crippen molar-refractivity contribution in [1.82, 2.24) is 4.90 Å². The van der Waals surface area contributed by atoms with Crippen molar-refractivity contribution >= 4 is 17.1 Å². The molecule has 1 heterocycles. The number of Topliss-reactive ketones (excluding diaryl/α,β-unsaturated/α-hetero) is 1. The second kappa shape index (κ2) is 4.68. The summed E-state index contributed by atoms with van der Waals surface area (Å²) in [5.74, 6) is 1.08. The average molecular weight is 237 g/mol. The van der Waals surface area contributed by atoms with Gasteiger partial charge in [-0.25, -0.2) is 0 Å². The minimum absolute atomic E-state index is 0.258. The first-order chi connectivity index (χ1) is 7.58. The van der Waals surface area contributed by atoms with Gasteiger partial charge in [-0.2, -0.15) is 0 Å². The SMILES string of the molecule is Cc1ccc(C(=O)CN(C)C(C)C2CC2)s1. The first kappa shape index (κ1) is 11.8. The van der Waals surface area contributed by atoms with Crippen LogP contribution in [0.1, 0.15) is 34.3 Å². The van der Waals surface area contributed by atoms with Crippen LogP contribution in [0.25, 0.3) is 0 Å². The van der Waals surface area contributed by atoms with Gasteiger partial charge in [0.15, 0.2) is 5.78 Å². The lowest BCUT2D eigenvalue weighted by Gasteiger charge is -2.23. The second-order valence-corrected chi connectivity index (χ2v) is 6.11. The molecule has 1 aromatic heterocycles. The summed E-state index contributed by atoms with van der Waals surface area (Å²) in [5.41, 5.74) is 0. The summed E-state index contributed by atoms with van der Waals surface area (Å²) in [6.07, 6.45) is 2.66. The number of hydrogen-bond donors (Lipinski definition) is 0. The first-order valence-corrected chi connectivity index (χ1v) is 6.69.